The van der Waals surface area contributed by atoms with Crippen LogP contribution in [-0.2, 0) is 6.54 Å². The van der Waals surface area contributed by atoms with Crippen LogP contribution in [-0.4, -0.2) is 4.57 Å². The summed E-state index contributed by atoms with van der Waals surface area (Å²) in [6.07, 6.45) is 3.38. The van der Waals surface area contributed by atoms with E-state index < -0.39 is 0 Å². The number of rotatable bonds is 4. The Labute approximate surface area is 149 Å². The van der Waals surface area contributed by atoms with Gasteiger partial charge in [0.1, 0.15) is 5.76 Å². The lowest BCUT2D eigenvalue weighted by atomic mass is 10.1. The van der Waals surface area contributed by atoms with Crippen LogP contribution in [0, 0.1) is 13.8 Å². The molecule has 0 N–H and O–H groups in total. The molecule has 25 heavy (non-hydrogen) atoms. The van der Waals surface area contributed by atoms with Crippen molar-refractivity contribution in [2.75, 3.05) is 0 Å². The fourth-order valence-electron chi connectivity index (χ4n) is 2.88. The molecule has 0 saturated heterocycles. The average Bonchev–Trinajstić information content (AvgIpc) is 3.30. The molecule has 0 unspecified atom stereocenters. The topological polar surface area (TPSA) is 43.6 Å². The number of nitrogens with zero attached hydrogens (tertiary/aromatic N) is 2. The Morgan fingerprint density at radius 1 is 1.00 bits per heavy atom. The predicted molar refractivity (Wildman–Crippen MR) is 99.0 cm³/mol. The maximum atomic E-state index is 5.59. The van der Waals surface area contributed by atoms with E-state index in [4.69, 9.17) is 13.8 Å². The van der Waals surface area contributed by atoms with Crippen LogP contribution in [0.4, 0.5) is 5.69 Å². The maximum Gasteiger partial charge on any atom is 0.190 e. The summed E-state index contributed by atoms with van der Waals surface area (Å²) in [5, 5.41) is 2.07. The highest BCUT2D eigenvalue weighted by atomic mass is 32.1. The highest BCUT2D eigenvalue weighted by molar-refractivity contribution is 7.07. The summed E-state index contributed by atoms with van der Waals surface area (Å²) in [7, 11) is 0. The Kier molecular flexibility index (Phi) is 4.15. The number of thiazole rings is 1. The third-order valence-electron chi connectivity index (χ3n) is 3.90. The molecule has 4 rings (SSSR count). The third kappa shape index (κ3) is 3.37. The summed E-state index contributed by atoms with van der Waals surface area (Å²) in [6, 6.07) is 14.1. The SMILES string of the molecule is Cc1cc(C)cc(N=c2scc(-c3ccco3)n2Cc2ccco2)c1. The molecular formula is C20H18N2O2S. The minimum Gasteiger partial charge on any atom is -0.467 e. The first-order valence-corrected chi connectivity index (χ1v) is 8.94. The van der Waals surface area contributed by atoms with E-state index >= 15 is 0 Å². The number of hydrogen-bond donors (Lipinski definition) is 0. The van der Waals surface area contributed by atoms with Crippen LogP contribution in [0.2, 0.25) is 0 Å². The standard InChI is InChI=1S/C20H18N2O2S/c1-14-9-15(2)11-16(10-14)21-20-22(12-17-5-3-7-23-17)18(13-25-20)19-6-4-8-24-19/h3-11,13H,12H2,1-2H3. The molecular weight excluding hydrogens is 332 g/mol. The Hall–Kier alpha value is -2.79. The zero-order chi connectivity index (χ0) is 17.2. The Bertz CT molecular complexity index is 1020. The molecule has 4 nitrogen and oxygen atoms in total. The highest BCUT2D eigenvalue weighted by Gasteiger charge is 2.12. The molecule has 4 aromatic rings. The predicted octanol–water partition coefficient (Wildman–Crippen LogP) is 5.30. The van der Waals surface area contributed by atoms with Crippen LogP contribution >= 0.6 is 11.3 Å². The molecule has 0 saturated carbocycles. The molecule has 0 atom stereocenters. The summed E-state index contributed by atoms with van der Waals surface area (Å²) in [5.74, 6) is 1.71. The van der Waals surface area contributed by atoms with E-state index in [2.05, 4.69) is 42.0 Å². The molecule has 0 amide bonds. The van der Waals surface area contributed by atoms with Crippen LogP contribution < -0.4 is 4.80 Å². The first kappa shape index (κ1) is 15.7. The number of furan rings is 2. The summed E-state index contributed by atoms with van der Waals surface area (Å²) in [5.41, 5.74) is 4.37. The normalized spacial score (nSPS) is 12.0. The average molecular weight is 350 g/mol. The number of hydrogen-bond acceptors (Lipinski definition) is 4. The van der Waals surface area contributed by atoms with Crippen LogP contribution in [0.1, 0.15) is 16.9 Å². The molecule has 0 radical (unpaired) electrons. The lowest BCUT2D eigenvalue weighted by Gasteiger charge is -2.06. The number of aryl methyl sites for hydroxylation is 2. The van der Waals surface area contributed by atoms with Gasteiger partial charge in [0.25, 0.3) is 0 Å². The van der Waals surface area contributed by atoms with Crippen molar-refractivity contribution in [1.82, 2.24) is 4.57 Å². The van der Waals surface area contributed by atoms with Gasteiger partial charge in [-0.1, -0.05) is 6.07 Å². The first-order valence-electron chi connectivity index (χ1n) is 8.07. The van der Waals surface area contributed by atoms with Gasteiger partial charge in [0.2, 0.25) is 0 Å². The molecule has 5 heteroatoms. The van der Waals surface area contributed by atoms with Crippen molar-refractivity contribution < 1.29 is 8.83 Å². The van der Waals surface area contributed by atoms with Crippen molar-refractivity contribution in [3.63, 3.8) is 0 Å². The summed E-state index contributed by atoms with van der Waals surface area (Å²) >= 11 is 1.60. The molecule has 1 aromatic carbocycles. The monoisotopic (exact) mass is 350 g/mol. The van der Waals surface area contributed by atoms with Gasteiger partial charge >= 0.3 is 0 Å². The molecule has 0 aliphatic heterocycles. The van der Waals surface area contributed by atoms with Gasteiger partial charge in [-0.3, -0.25) is 0 Å². The second-order valence-corrected chi connectivity index (χ2v) is 6.84. The van der Waals surface area contributed by atoms with Gasteiger partial charge in [-0.05, 0) is 61.4 Å². The van der Waals surface area contributed by atoms with E-state index in [1.54, 1.807) is 23.9 Å². The first-order chi connectivity index (χ1) is 12.2. The van der Waals surface area contributed by atoms with Gasteiger partial charge in [-0.25, -0.2) is 4.99 Å². The molecule has 3 aromatic heterocycles. The van der Waals surface area contributed by atoms with E-state index in [0.717, 1.165) is 27.7 Å². The second kappa shape index (κ2) is 6.61. The van der Waals surface area contributed by atoms with Crippen LogP contribution in [0.25, 0.3) is 11.5 Å². The van der Waals surface area contributed by atoms with Crippen molar-refractivity contribution in [2.45, 2.75) is 20.4 Å². The fourth-order valence-corrected chi connectivity index (χ4v) is 3.79. The molecule has 0 aliphatic rings. The fraction of sp³-hybridized carbons (Fsp3) is 0.150. The maximum absolute atomic E-state index is 5.59. The van der Waals surface area contributed by atoms with Crippen molar-refractivity contribution in [3.8, 4) is 11.5 Å². The van der Waals surface area contributed by atoms with Gasteiger partial charge in [-0.2, -0.15) is 0 Å². The van der Waals surface area contributed by atoms with E-state index in [9.17, 15) is 0 Å². The molecule has 0 spiro atoms. The van der Waals surface area contributed by atoms with Gasteiger partial charge < -0.3 is 13.4 Å². The molecule has 0 aliphatic carbocycles. The van der Waals surface area contributed by atoms with Crippen molar-refractivity contribution in [3.05, 3.63) is 82.1 Å². The lowest BCUT2D eigenvalue weighted by molar-refractivity contribution is 0.489. The van der Waals surface area contributed by atoms with Crippen LogP contribution in [0.5, 0.6) is 0 Å². The molecule has 3 heterocycles. The molecule has 0 fully saturated rings. The van der Waals surface area contributed by atoms with Crippen molar-refractivity contribution >= 4 is 17.0 Å². The Morgan fingerprint density at radius 3 is 2.44 bits per heavy atom. The molecule has 0 bridgehead atoms. The number of aromatic nitrogens is 1. The summed E-state index contributed by atoms with van der Waals surface area (Å²) < 4.78 is 13.3. The van der Waals surface area contributed by atoms with E-state index in [1.807, 2.05) is 24.3 Å². The van der Waals surface area contributed by atoms with E-state index in [0.29, 0.717) is 6.54 Å². The van der Waals surface area contributed by atoms with Crippen molar-refractivity contribution in [1.29, 1.82) is 0 Å². The second-order valence-electron chi connectivity index (χ2n) is 6.00. The Morgan fingerprint density at radius 2 is 1.76 bits per heavy atom. The van der Waals surface area contributed by atoms with Gasteiger partial charge in [0.15, 0.2) is 10.6 Å². The van der Waals surface area contributed by atoms with Crippen LogP contribution in [0.15, 0.2) is 74.2 Å². The minimum absolute atomic E-state index is 0.607. The number of benzene rings is 1. The molecule has 126 valence electrons. The highest BCUT2D eigenvalue weighted by Crippen LogP contribution is 2.23. The zero-order valence-electron chi connectivity index (χ0n) is 14.1. The lowest BCUT2D eigenvalue weighted by Crippen LogP contribution is -2.16. The minimum atomic E-state index is 0.607. The quantitative estimate of drug-likeness (QED) is 0.501. The van der Waals surface area contributed by atoms with E-state index in [1.165, 1.54) is 11.1 Å². The van der Waals surface area contributed by atoms with Crippen LogP contribution in [0.3, 0.4) is 0 Å². The van der Waals surface area contributed by atoms with Gasteiger partial charge in [0, 0.05) is 5.38 Å². The smallest absolute Gasteiger partial charge is 0.190 e. The zero-order valence-corrected chi connectivity index (χ0v) is 14.9. The Balaban J connectivity index is 1.85. The summed E-state index contributed by atoms with van der Waals surface area (Å²) in [6.45, 7) is 4.79. The van der Waals surface area contributed by atoms with Crippen molar-refractivity contribution in [2.24, 2.45) is 4.99 Å². The summed E-state index contributed by atoms with van der Waals surface area (Å²) in [4.78, 5) is 5.78. The largest absolute Gasteiger partial charge is 0.467 e. The van der Waals surface area contributed by atoms with Gasteiger partial charge in [-0.15, -0.1) is 11.3 Å². The third-order valence-corrected chi connectivity index (χ3v) is 4.76. The van der Waals surface area contributed by atoms with E-state index in [-0.39, 0.29) is 0 Å². The van der Waals surface area contributed by atoms with Gasteiger partial charge in [0.05, 0.1) is 30.5 Å².